The second-order valence-corrected chi connectivity index (χ2v) is 6.96. The van der Waals surface area contributed by atoms with E-state index in [0.717, 1.165) is 19.3 Å². The van der Waals surface area contributed by atoms with E-state index in [0.29, 0.717) is 5.92 Å². The van der Waals surface area contributed by atoms with Crippen LogP contribution in [0.3, 0.4) is 0 Å². The third-order valence-corrected chi connectivity index (χ3v) is 5.23. The average Bonchev–Trinajstić information content (AvgIpc) is 3.11. The van der Waals surface area contributed by atoms with Crippen molar-refractivity contribution in [1.82, 2.24) is 0 Å². The van der Waals surface area contributed by atoms with E-state index in [4.69, 9.17) is 0 Å². The molecule has 0 heterocycles. The normalized spacial score (nSPS) is 16.2. The zero-order valence-electron chi connectivity index (χ0n) is 15.0. The molecule has 1 aliphatic rings. The molecule has 0 saturated heterocycles. The van der Waals surface area contributed by atoms with Gasteiger partial charge >= 0.3 is 0 Å². The Bertz CT molecular complexity index is 887. The summed E-state index contributed by atoms with van der Waals surface area (Å²) in [4.78, 5) is 0. The molecule has 3 aromatic rings. The predicted octanol–water partition coefficient (Wildman–Crippen LogP) is 6.50. The molecule has 0 fully saturated rings. The van der Waals surface area contributed by atoms with Crippen LogP contribution in [0.4, 0.5) is 0 Å². The van der Waals surface area contributed by atoms with Crippen LogP contribution in [-0.2, 0) is 12.8 Å². The fourth-order valence-electron chi connectivity index (χ4n) is 3.84. The van der Waals surface area contributed by atoms with E-state index >= 15 is 0 Å². The molecule has 0 saturated carbocycles. The van der Waals surface area contributed by atoms with Crippen LogP contribution < -0.4 is 0 Å². The highest BCUT2D eigenvalue weighted by Gasteiger charge is 2.24. The maximum absolute atomic E-state index is 2.36. The van der Waals surface area contributed by atoms with Gasteiger partial charge in [-0.15, -0.1) is 0 Å². The molecule has 1 aliphatic carbocycles. The zero-order chi connectivity index (χ0) is 17.6. The molecule has 0 heteroatoms. The molecular weight excluding hydrogens is 312 g/mol. The molecule has 0 radical (unpaired) electrons. The molecule has 0 spiro atoms. The van der Waals surface area contributed by atoms with Gasteiger partial charge in [0.05, 0.1) is 0 Å². The van der Waals surface area contributed by atoms with Gasteiger partial charge in [-0.2, -0.15) is 0 Å². The van der Waals surface area contributed by atoms with E-state index in [1.165, 1.54) is 22.3 Å². The van der Waals surface area contributed by atoms with Gasteiger partial charge in [0.2, 0.25) is 0 Å². The van der Waals surface area contributed by atoms with Crippen molar-refractivity contribution in [1.29, 1.82) is 0 Å². The van der Waals surface area contributed by atoms with Gasteiger partial charge in [0.25, 0.3) is 0 Å². The Morgan fingerprint density at radius 3 is 1.77 bits per heavy atom. The highest BCUT2D eigenvalue weighted by Crippen LogP contribution is 2.38. The van der Waals surface area contributed by atoms with E-state index in [-0.39, 0.29) is 0 Å². The summed E-state index contributed by atoms with van der Waals surface area (Å²) < 4.78 is 0. The van der Waals surface area contributed by atoms with Crippen LogP contribution in [0.2, 0.25) is 0 Å². The molecule has 0 N–H and O–H groups in total. The van der Waals surface area contributed by atoms with E-state index in [1.807, 2.05) is 0 Å². The van der Waals surface area contributed by atoms with Crippen molar-refractivity contribution in [2.75, 3.05) is 0 Å². The molecule has 0 aliphatic heterocycles. The number of rotatable bonds is 6. The van der Waals surface area contributed by atoms with Crippen molar-refractivity contribution in [3.05, 3.63) is 125 Å². The van der Waals surface area contributed by atoms with Crippen LogP contribution in [0.1, 0.15) is 23.1 Å². The van der Waals surface area contributed by atoms with Gasteiger partial charge in [0, 0.05) is 5.92 Å². The van der Waals surface area contributed by atoms with Crippen molar-refractivity contribution < 1.29 is 0 Å². The minimum atomic E-state index is 0.475. The molecular formula is C26H24. The third-order valence-electron chi connectivity index (χ3n) is 5.23. The van der Waals surface area contributed by atoms with Crippen LogP contribution >= 0.6 is 0 Å². The van der Waals surface area contributed by atoms with Gasteiger partial charge in [-0.05, 0) is 41.5 Å². The zero-order valence-corrected chi connectivity index (χ0v) is 15.0. The van der Waals surface area contributed by atoms with Crippen LogP contribution in [0.5, 0.6) is 0 Å². The Kier molecular flexibility index (Phi) is 5.12. The van der Waals surface area contributed by atoms with Gasteiger partial charge in [0.1, 0.15) is 0 Å². The topological polar surface area (TPSA) is 0 Å². The Hall–Kier alpha value is -2.86. The van der Waals surface area contributed by atoms with Gasteiger partial charge in [0.15, 0.2) is 0 Å². The Morgan fingerprint density at radius 2 is 1.12 bits per heavy atom. The fourth-order valence-corrected chi connectivity index (χ4v) is 3.84. The molecule has 4 rings (SSSR count). The summed E-state index contributed by atoms with van der Waals surface area (Å²) in [5.41, 5.74) is 7.18. The number of benzene rings is 3. The number of hydrogen-bond acceptors (Lipinski definition) is 0. The lowest BCUT2D eigenvalue weighted by Crippen LogP contribution is -2.09. The third kappa shape index (κ3) is 3.86. The summed E-state index contributed by atoms with van der Waals surface area (Å²) in [7, 11) is 0. The van der Waals surface area contributed by atoms with Gasteiger partial charge in [-0.3, -0.25) is 0 Å². The summed E-state index contributed by atoms with van der Waals surface area (Å²) in [6, 6.07) is 32.5. The molecule has 1 unspecified atom stereocenters. The molecule has 26 heavy (non-hydrogen) atoms. The molecule has 128 valence electrons. The molecule has 0 aromatic heterocycles. The van der Waals surface area contributed by atoms with Crippen molar-refractivity contribution in [2.45, 2.75) is 19.3 Å². The molecule has 0 nitrogen and oxygen atoms in total. The SMILES string of the molecule is C1=C(CCc2ccccc2)C(Cc2ccccc2)C(c2ccccc2)=C1. The minimum Gasteiger partial charge on any atom is -0.0622 e. The monoisotopic (exact) mass is 336 g/mol. The fraction of sp³-hybridized carbons (Fsp3) is 0.154. The lowest BCUT2D eigenvalue weighted by Gasteiger charge is -2.20. The lowest BCUT2D eigenvalue weighted by molar-refractivity contribution is 0.728. The maximum atomic E-state index is 2.36. The highest BCUT2D eigenvalue weighted by molar-refractivity contribution is 5.75. The maximum Gasteiger partial charge on any atom is 0.00977 e. The quantitative estimate of drug-likeness (QED) is 0.482. The van der Waals surface area contributed by atoms with Crippen LogP contribution in [0.15, 0.2) is 109 Å². The smallest absolute Gasteiger partial charge is 0.00977 e. The van der Waals surface area contributed by atoms with Gasteiger partial charge in [-0.25, -0.2) is 0 Å². The van der Waals surface area contributed by atoms with Crippen molar-refractivity contribution in [2.24, 2.45) is 5.92 Å². The summed E-state index contributed by atoms with van der Waals surface area (Å²) >= 11 is 0. The highest BCUT2D eigenvalue weighted by atomic mass is 14.3. The van der Waals surface area contributed by atoms with E-state index in [2.05, 4.69) is 103 Å². The van der Waals surface area contributed by atoms with Crippen LogP contribution in [-0.4, -0.2) is 0 Å². The van der Waals surface area contributed by atoms with Crippen molar-refractivity contribution in [3.63, 3.8) is 0 Å². The first-order valence-corrected chi connectivity index (χ1v) is 9.44. The summed E-state index contributed by atoms with van der Waals surface area (Å²) in [6.07, 6.45) is 7.99. The van der Waals surface area contributed by atoms with E-state index in [9.17, 15) is 0 Å². The average molecular weight is 336 g/mol. The number of hydrogen-bond donors (Lipinski definition) is 0. The molecule has 0 amide bonds. The predicted molar refractivity (Wildman–Crippen MR) is 111 cm³/mol. The largest absolute Gasteiger partial charge is 0.0622 e. The summed E-state index contributed by atoms with van der Waals surface area (Å²) in [5.74, 6) is 0.475. The first-order valence-electron chi connectivity index (χ1n) is 9.44. The van der Waals surface area contributed by atoms with Gasteiger partial charge in [-0.1, -0.05) is 109 Å². The molecule has 1 atom stereocenters. The van der Waals surface area contributed by atoms with Crippen LogP contribution in [0.25, 0.3) is 5.57 Å². The van der Waals surface area contributed by atoms with Crippen molar-refractivity contribution >= 4 is 5.57 Å². The first-order chi connectivity index (χ1) is 12.9. The van der Waals surface area contributed by atoms with Gasteiger partial charge < -0.3 is 0 Å². The second-order valence-electron chi connectivity index (χ2n) is 6.96. The molecule has 3 aromatic carbocycles. The van der Waals surface area contributed by atoms with E-state index in [1.54, 1.807) is 5.57 Å². The molecule has 0 bridgehead atoms. The first kappa shape index (κ1) is 16.6. The summed E-state index contributed by atoms with van der Waals surface area (Å²) in [5, 5.41) is 0. The number of aryl methyl sites for hydroxylation is 1. The number of allylic oxidation sites excluding steroid dienone is 4. The second kappa shape index (κ2) is 8.01. The van der Waals surface area contributed by atoms with E-state index < -0.39 is 0 Å². The summed E-state index contributed by atoms with van der Waals surface area (Å²) in [6.45, 7) is 0. The standard InChI is InChI=1S/C26H24/c1-4-10-21(11-5-1)16-17-24-18-19-25(23-14-8-3-9-15-23)26(24)20-22-12-6-2-7-13-22/h1-15,18-19,26H,16-17,20H2. The Morgan fingerprint density at radius 1 is 0.538 bits per heavy atom. The van der Waals surface area contributed by atoms with Crippen molar-refractivity contribution in [3.8, 4) is 0 Å². The Balaban J connectivity index is 1.55. The van der Waals surface area contributed by atoms with Crippen LogP contribution in [0, 0.1) is 5.92 Å². The lowest BCUT2D eigenvalue weighted by atomic mass is 9.83. The minimum absolute atomic E-state index is 0.475. The Labute approximate surface area is 156 Å².